The Morgan fingerprint density at radius 3 is 3.04 bits per heavy atom. The van der Waals surface area contributed by atoms with E-state index in [9.17, 15) is 0 Å². The Morgan fingerprint density at radius 1 is 1.23 bits per heavy atom. The van der Waals surface area contributed by atoms with E-state index >= 15 is 0 Å². The first-order valence-electron chi connectivity index (χ1n) is 9.32. The number of nitrogens with one attached hydrogen (secondary N) is 2. The minimum atomic E-state index is 0.360. The Hall–Kier alpha value is -2.60. The SMILES string of the molecule is CCCCOc1nc(N)c2[nH]cc(Cc3ccc4c(c3)CNCC4)c2n1. The van der Waals surface area contributed by atoms with Crippen LogP contribution in [-0.2, 0) is 19.4 Å². The second-order valence-corrected chi connectivity index (χ2v) is 6.84. The highest BCUT2D eigenvalue weighted by molar-refractivity contribution is 5.87. The van der Waals surface area contributed by atoms with Crippen molar-refractivity contribution >= 4 is 16.9 Å². The first-order chi connectivity index (χ1) is 12.7. The van der Waals surface area contributed by atoms with Crippen molar-refractivity contribution < 1.29 is 4.74 Å². The maximum Gasteiger partial charge on any atom is 0.319 e. The Bertz CT molecular complexity index is 918. The number of rotatable bonds is 6. The predicted octanol–water partition coefficient (Wildman–Crippen LogP) is 2.96. The molecule has 2 aromatic heterocycles. The summed E-state index contributed by atoms with van der Waals surface area (Å²) in [5.74, 6) is 0.433. The van der Waals surface area contributed by atoms with Crippen LogP contribution in [0.1, 0.15) is 42.0 Å². The molecule has 0 amide bonds. The molecule has 0 radical (unpaired) electrons. The van der Waals surface area contributed by atoms with Crippen LogP contribution in [0.3, 0.4) is 0 Å². The molecule has 0 unspecified atom stereocenters. The number of hydrogen-bond donors (Lipinski definition) is 3. The van der Waals surface area contributed by atoms with Gasteiger partial charge in [-0.25, -0.2) is 0 Å². The molecule has 4 N–H and O–H groups in total. The summed E-state index contributed by atoms with van der Waals surface area (Å²) in [5.41, 5.74) is 12.9. The Balaban J connectivity index is 1.61. The number of aromatic nitrogens is 3. The normalized spacial score (nSPS) is 13.7. The third kappa shape index (κ3) is 3.37. The number of benzene rings is 1. The molecule has 26 heavy (non-hydrogen) atoms. The highest BCUT2D eigenvalue weighted by Crippen LogP contribution is 2.26. The average Bonchev–Trinajstić information content (AvgIpc) is 3.05. The number of ether oxygens (including phenoxy) is 1. The standard InChI is InChI=1S/C20H25N5O/c1-2-3-8-26-20-24-17-16(12-23-18(17)19(21)25-20)10-13-4-5-14-6-7-22-11-15(14)9-13/h4-5,9,12,22-23H,2-3,6-8,10-11H2,1H3,(H2,21,24,25). The van der Waals surface area contributed by atoms with Crippen molar-refractivity contribution in [1.29, 1.82) is 0 Å². The molecule has 6 heteroatoms. The van der Waals surface area contributed by atoms with Crippen LogP contribution >= 0.6 is 0 Å². The van der Waals surface area contributed by atoms with Crippen molar-refractivity contribution in [2.24, 2.45) is 0 Å². The number of hydrogen-bond acceptors (Lipinski definition) is 5. The summed E-state index contributed by atoms with van der Waals surface area (Å²) in [7, 11) is 0. The maximum absolute atomic E-state index is 6.09. The molecule has 0 bridgehead atoms. The van der Waals surface area contributed by atoms with Crippen LogP contribution in [-0.4, -0.2) is 28.1 Å². The minimum absolute atomic E-state index is 0.360. The Labute approximate surface area is 153 Å². The molecule has 3 heterocycles. The van der Waals surface area contributed by atoms with Crippen LogP contribution in [0.2, 0.25) is 0 Å². The molecule has 0 saturated carbocycles. The second kappa shape index (κ2) is 7.33. The molecular weight excluding hydrogens is 326 g/mol. The zero-order chi connectivity index (χ0) is 17.9. The summed E-state index contributed by atoms with van der Waals surface area (Å²) in [5, 5.41) is 3.44. The van der Waals surface area contributed by atoms with Gasteiger partial charge in [0.1, 0.15) is 11.0 Å². The van der Waals surface area contributed by atoms with E-state index in [0.717, 1.165) is 55.4 Å². The number of nitrogen functional groups attached to an aromatic ring is 1. The lowest BCUT2D eigenvalue weighted by Crippen LogP contribution is -2.23. The van der Waals surface area contributed by atoms with Gasteiger partial charge < -0.3 is 20.8 Å². The van der Waals surface area contributed by atoms with E-state index in [1.807, 2.05) is 6.20 Å². The molecule has 1 aliphatic rings. The highest BCUT2D eigenvalue weighted by atomic mass is 16.5. The summed E-state index contributed by atoms with van der Waals surface area (Å²) in [4.78, 5) is 12.1. The zero-order valence-corrected chi connectivity index (χ0v) is 15.1. The lowest BCUT2D eigenvalue weighted by Gasteiger charge is -2.17. The summed E-state index contributed by atoms with van der Waals surface area (Å²) < 4.78 is 5.66. The summed E-state index contributed by atoms with van der Waals surface area (Å²) in [6, 6.07) is 7.12. The summed E-state index contributed by atoms with van der Waals surface area (Å²) >= 11 is 0. The molecule has 136 valence electrons. The van der Waals surface area contributed by atoms with Crippen molar-refractivity contribution in [2.75, 3.05) is 18.9 Å². The predicted molar refractivity (Wildman–Crippen MR) is 103 cm³/mol. The quantitative estimate of drug-likeness (QED) is 0.594. The van der Waals surface area contributed by atoms with Crippen molar-refractivity contribution in [3.63, 3.8) is 0 Å². The molecular formula is C20H25N5O. The molecule has 4 rings (SSSR count). The number of anilines is 1. The van der Waals surface area contributed by atoms with Crippen molar-refractivity contribution in [3.05, 3.63) is 46.6 Å². The van der Waals surface area contributed by atoms with Gasteiger partial charge in [-0.3, -0.25) is 0 Å². The van der Waals surface area contributed by atoms with E-state index in [0.29, 0.717) is 18.4 Å². The van der Waals surface area contributed by atoms with Crippen LogP contribution in [0.25, 0.3) is 11.0 Å². The van der Waals surface area contributed by atoms with Gasteiger partial charge in [0.05, 0.1) is 6.61 Å². The lowest BCUT2D eigenvalue weighted by molar-refractivity contribution is 0.287. The molecule has 0 saturated heterocycles. The van der Waals surface area contributed by atoms with Gasteiger partial charge in [-0.05, 0) is 36.1 Å². The first kappa shape index (κ1) is 16.8. The summed E-state index contributed by atoms with van der Waals surface area (Å²) in [6.07, 6.45) is 5.93. The molecule has 0 spiro atoms. The van der Waals surface area contributed by atoms with E-state index in [4.69, 9.17) is 10.5 Å². The van der Waals surface area contributed by atoms with E-state index < -0.39 is 0 Å². The van der Waals surface area contributed by atoms with Crippen molar-refractivity contribution in [3.8, 4) is 6.01 Å². The van der Waals surface area contributed by atoms with Crippen LogP contribution in [0, 0.1) is 0 Å². The molecule has 0 aliphatic carbocycles. The van der Waals surface area contributed by atoms with Crippen LogP contribution in [0.15, 0.2) is 24.4 Å². The number of fused-ring (bicyclic) bond motifs is 2. The van der Waals surface area contributed by atoms with E-state index in [2.05, 4.69) is 45.4 Å². The lowest BCUT2D eigenvalue weighted by atomic mass is 9.96. The van der Waals surface area contributed by atoms with Crippen molar-refractivity contribution in [2.45, 2.75) is 39.2 Å². The zero-order valence-electron chi connectivity index (χ0n) is 15.1. The topological polar surface area (TPSA) is 88.8 Å². The van der Waals surface area contributed by atoms with Gasteiger partial charge in [-0.1, -0.05) is 31.5 Å². The first-order valence-corrected chi connectivity index (χ1v) is 9.32. The number of nitrogens with zero attached hydrogens (tertiary/aromatic N) is 2. The van der Waals surface area contributed by atoms with E-state index in [-0.39, 0.29) is 0 Å². The van der Waals surface area contributed by atoms with E-state index in [1.165, 1.54) is 16.7 Å². The Kier molecular flexibility index (Phi) is 4.75. The highest BCUT2D eigenvalue weighted by Gasteiger charge is 2.14. The molecule has 1 aliphatic heterocycles. The van der Waals surface area contributed by atoms with Crippen LogP contribution in [0.4, 0.5) is 5.82 Å². The minimum Gasteiger partial charge on any atom is -0.463 e. The molecule has 3 aromatic rings. The van der Waals surface area contributed by atoms with Gasteiger partial charge in [0.25, 0.3) is 0 Å². The van der Waals surface area contributed by atoms with E-state index in [1.54, 1.807) is 0 Å². The number of unbranched alkanes of at least 4 members (excludes halogenated alkanes) is 1. The second-order valence-electron chi connectivity index (χ2n) is 6.84. The monoisotopic (exact) mass is 351 g/mol. The fourth-order valence-corrected chi connectivity index (χ4v) is 3.43. The average molecular weight is 351 g/mol. The molecule has 0 atom stereocenters. The van der Waals surface area contributed by atoms with Crippen LogP contribution in [0.5, 0.6) is 6.01 Å². The number of aromatic amines is 1. The third-order valence-corrected chi connectivity index (χ3v) is 4.89. The van der Waals surface area contributed by atoms with Gasteiger partial charge >= 0.3 is 6.01 Å². The fourth-order valence-electron chi connectivity index (χ4n) is 3.43. The summed E-state index contributed by atoms with van der Waals surface area (Å²) in [6.45, 7) is 4.74. The molecule has 1 aromatic carbocycles. The molecule has 0 fully saturated rings. The largest absolute Gasteiger partial charge is 0.463 e. The Morgan fingerprint density at radius 2 is 2.15 bits per heavy atom. The smallest absolute Gasteiger partial charge is 0.319 e. The maximum atomic E-state index is 6.09. The van der Waals surface area contributed by atoms with Gasteiger partial charge in [0, 0.05) is 24.7 Å². The van der Waals surface area contributed by atoms with Gasteiger partial charge in [0.2, 0.25) is 0 Å². The van der Waals surface area contributed by atoms with Crippen LogP contribution < -0.4 is 15.8 Å². The van der Waals surface area contributed by atoms with Gasteiger partial charge in [0.15, 0.2) is 5.82 Å². The van der Waals surface area contributed by atoms with Gasteiger partial charge in [-0.15, -0.1) is 0 Å². The molecule has 6 nitrogen and oxygen atoms in total. The number of H-pyrrole nitrogens is 1. The third-order valence-electron chi connectivity index (χ3n) is 4.89. The fraction of sp³-hybridized carbons (Fsp3) is 0.400. The van der Waals surface area contributed by atoms with Crippen molar-refractivity contribution in [1.82, 2.24) is 20.3 Å². The number of nitrogens with two attached hydrogens (primary N) is 1. The van der Waals surface area contributed by atoms with Gasteiger partial charge in [-0.2, -0.15) is 9.97 Å².